The minimum atomic E-state index is -0.654. The number of primary amides is 1. The van der Waals surface area contributed by atoms with Gasteiger partial charge in [0.05, 0.1) is 4.92 Å². The molecule has 0 bridgehead atoms. The maximum Gasteiger partial charge on any atom is 0.292 e. The first kappa shape index (κ1) is 12.6. The molecule has 0 spiro atoms. The number of anilines is 2. The van der Waals surface area contributed by atoms with E-state index in [9.17, 15) is 14.9 Å². The summed E-state index contributed by atoms with van der Waals surface area (Å²) in [6.45, 7) is 0. The predicted octanol–water partition coefficient (Wildman–Crippen LogP) is 1.17. The molecular weight excluding hydrogens is 250 g/mol. The fraction of sp³-hybridized carbons (Fsp3) is 0.0909. The number of nitrogens with zero attached hydrogens (tertiary/aromatic N) is 3. The van der Waals surface area contributed by atoms with Gasteiger partial charge in [0.2, 0.25) is 5.91 Å². The number of carbonyl (C=O) groups is 1. The van der Waals surface area contributed by atoms with Gasteiger partial charge in [0.1, 0.15) is 5.69 Å². The Labute approximate surface area is 108 Å². The molecule has 1 amide bonds. The van der Waals surface area contributed by atoms with Crippen molar-refractivity contribution in [2.75, 3.05) is 5.32 Å². The van der Waals surface area contributed by atoms with Crippen LogP contribution in [-0.2, 0) is 7.05 Å². The lowest BCUT2D eigenvalue weighted by Gasteiger charge is -2.05. The van der Waals surface area contributed by atoms with Gasteiger partial charge in [-0.3, -0.25) is 19.6 Å². The van der Waals surface area contributed by atoms with Crippen molar-refractivity contribution < 1.29 is 9.72 Å². The number of rotatable bonds is 4. The Morgan fingerprint density at radius 3 is 2.74 bits per heavy atom. The zero-order valence-electron chi connectivity index (χ0n) is 10.0. The fourth-order valence-electron chi connectivity index (χ4n) is 1.57. The van der Waals surface area contributed by atoms with E-state index in [0.717, 1.165) is 0 Å². The van der Waals surface area contributed by atoms with Crippen LogP contribution in [0.25, 0.3) is 0 Å². The molecule has 98 valence electrons. The quantitative estimate of drug-likeness (QED) is 0.633. The Balaban J connectivity index is 2.42. The van der Waals surface area contributed by atoms with E-state index in [1.807, 2.05) is 0 Å². The molecule has 1 aromatic heterocycles. The van der Waals surface area contributed by atoms with E-state index in [-0.39, 0.29) is 16.9 Å². The summed E-state index contributed by atoms with van der Waals surface area (Å²) in [7, 11) is 1.72. The lowest BCUT2D eigenvalue weighted by Crippen LogP contribution is -2.11. The molecule has 1 aromatic carbocycles. The van der Waals surface area contributed by atoms with Crippen LogP contribution in [0.15, 0.2) is 30.5 Å². The second-order valence-corrected chi connectivity index (χ2v) is 3.85. The highest BCUT2D eigenvalue weighted by molar-refractivity contribution is 5.94. The number of nitrogens with one attached hydrogen (secondary N) is 1. The van der Waals surface area contributed by atoms with Crippen LogP contribution in [0, 0.1) is 10.1 Å². The molecule has 0 saturated carbocycles. The van der Waals surface area contributed by atoms with Crippen LogP contribution in [-0.4, -0.2) is 20.6 Å². The predicted molar refractivity (Wildman–Crippen MR) is 68.1 cm³/mol. The first-order chi connectivity index (χ1) is 8.97. The summed E-state index contributed by atoms with van der Waals surface area (Å²) in [4.78, 5) is 21.5. The summed E-state index contributed by atoms with van der Waals surface area (Å²) in [5, 5.41) is 17.8. The van der Waals surface area contributed by atoms with Gasteiger partial charge < -0.3 is 11.1 Å². The molecule has 0 radical (unpaired) electrons. The van der Waals surface area contributed by atoms with Crippen molar-refractivity contribution in [2.45, 2.75) is 0 Å². The van der Waals surface area contributed by atoms with E-state index >= 15 is 0 Å². The van der Waals surface area contributed by atoms with Gasteiger partial charge in [0.15, 0.2) is 5.82 Å². The normalized spacial score (nSPS) is 10.2. The molecule has 19 heavy (non-hydrogen) atoms. The summed E-state index contributed by atoms with van der Waals surface area (Å²) in [5.41, 5.74) is 5.34. The summed E-state index contributed by atoms with van der Waals surface area (Å²) >= 11 is 0. The number of hydrogen-bond donors (Lipinski definition) is 2. The maximum atomic E-state index is 11.1. The molecule has 2 aromatic rings. The third-order valence-electron chi connectivity index (χ3n) is 2.45. The number of amides is 1. The maximum absolute atomic E-state index is 11.1. The van der Waals surface area contributed by atoms with Crippen LogP contribution in [0.3, 0.4) is 0 Å². The van der Waals surface area contributed by atoms with Gasteiger partial charge in [-0.25, -0.2) is 0 Å². The van der Waals surface area contributed by atoms with Crippen molar-refractivity contribution in [3.63, 3.8) is 0 Å². The molecule has 8 heteroatoms. The number of hydrogen-bond acceptors (Lipinski definition) is 5. The zero-order valence-corrected chi connectivity index (χ0v) is 10.0. The molecule has 0 unspecified atom stereocenters. The highest BCUT2D eigenvalue weighted by atomic mass is 16.6. The van der Waals surface area contributed by atoms with Gasteiger partial charge >= 0.3 is 0 Å². The molecule has 0 aliphatic rings. The average molecular weight is 261 g/mol. The number of nitro groups is 1. The summed E-state index contributed by atoms with van der Waals surface area (Å²) < 4.78 is 1.55. The van der Waals surface area contributed by atoms with Crippen molar-refractivity contribution >= 4 is 23.1 Å². The lowest BCUT2D eigenvalue weighted by molar-refractivity contribution is -0.383. The molecule has 0 aliphatic heterocycles. The smallest absolute Gasteiger partial charge is 0.292 e. The number of benzene rings is 1. The van der Waals surface area contributed by atoms with Gasteiger partial charge in [-0.2, -0.15) is 5.10 Å². The summed E-state index contributed by atoms with van der Waals surface area (Å²) in [6.07, 6.45) is 1.69. The van der Waals surface area contributed by atoms with E-state index in [0.29, 0.717) is 5.82 Å². The molecule has 0 atom stereocenters. The minimum absolute atomic E-state index is 0.157. The minimum Gasteiger partial charge on any atom is -0.366 e. The largest absolute Gasteiger partial charge is 0.366 e. The third kappa shape index (κ3) is 2.68. The number of aryl methyl sites for hydroxylation is 1. The second-order valence-electron chi connectivity index (χ2n) is 3.85. The van der Waals surface area contributed by atoms with Gasteiger partial charge in [0, 0.05) is 30.9 Å². The Hall–Kier alpha value is -2.90. The van der Waals surface area contributed by atoms with Crippen molar-refractivity contribution in [3.05, 3.63) is 46.1 Å². The number of nitro benzene ring substituents is 1. The molecule has 3 N–H and O–H groups in total. The number of nitrogens with two attached hydrogens (primary N) is 1. The first-order valence-corrected chi connectivity index (χ1v) is 5.32. The average Bonchev–Trinajstić information content (AvgIpc) is 2.74. The lowest BCUT2D eigenvalue weighted by atomic mass is 10.1. The van der Waals surface area contributed by atoms with Crippen LogP contribution in [0.2, 0.25) is 0 Å². The Kier molecular flexibility index (Phi) is 3.15. The fourth-order valence-corrected chi connectivity index (χ4v) is 1.57. The van der Waals surface area contributed by atoms with Crippen molar-refractivity contribution in [2.24, 2.45) is 12.8 Å². The van der Waals surface area contributed by atoms with E-state index in [1.165, 1.54) is 18.2 Å². The Morgan fingerprint density at radius 1 is 1.47 bits per heavy atom. The Morgan fingerprint density at radius 2 is 2.21 bits per heavy atom. The van der Waals surface area contributed by atoms with E-state index in [2.05, 4.69) is 10.4 Å². The highest BCUT2D eigenvalue weighted by Crippen LogP contribution is 2.27. The summed E-state index contributed by atoms with van der Waals surface area (Å²) in [5.74, 6) is -0.216. The van der Waals surface area contributed by atoms with E-state index in [4.69, 9.17) is 5.73 Å². The molecule has 8 nitrogen and oxygen atoms in total. The van der Waals surface area contributed by atoms with Crippen molar-refractivity contribution in [1.29, 1.82) is 0 Å². The van der Waals surface area contributed by atoms with Crippen LogP contribution in [0.4, 0.5) is 17.2 Å². The van der Waals surface area contributed by atoms with Crippen LogP contribution >= 0.6 is 0 Å². The topological polar surface area (TPSA) is 116 Å². The first-order valence-electron chi connectivity index (χ1n) is 5.32. The summed E-state index contributed by atoms with van der Waals surface area (Å²) in [6, 6.07) is 5.52. The van der Waals surface area contributed by atoms with E-state index < -0.39 is 10.8 Å². The monoisotopic (exact) mass is 261 g/mol. The van der Waals surface area contributed by atoms with Crippen molar-refractivity contribution in [1.82, 2.24) is 9.78 Å². The SMILES string of the molecule is Cn1ccc(Nc2cc(C(N)=O)ccc2[N+](=O)[O-])n1. The van der Waals surface area contributed by atoms with Gasteiger partial charge in [0.25, 0.3) is 5.69 Å². The van der Waals surface area contributed by atoms with Crippen molar-refractivity contribution in [3.8, 4) is 0 Å². The van der Waals surface area contributed by atoms with Crippen LogP contribution < -0.4 is 11.1 Å². The van der Waals surface area contributed by atoms with Crippen LogP contribution in [0.5, 0.6) is 0 Å². The van der Waals surface area contributed by atoms with E-state index in [1.54, 1.807) is 24.0 Å². The molecule has 2 rings (SSSR count). The zero-order chi connectivity index (χ0) is 14.0. The van der Waals surface area contributed by atoms with Gasteiger partial charge in [-0.15, -0.1) is 0 Å². The molecule has 0 aliphatic carbocycles. The standard InChI is InChI=1S/C11H11N5O3/c1-15-5-4-10(14-15)13-8-6-7(11(12)17)2-3-9(8)16(18)19/h2-6H,1H3,(H2,12,17)(H,13,14). The molecular formula is C11H11N5O3. The highest BCUT2D eigenvalue weighted by Gasteiger charge is 2.16. The Bertz CT molecular complexity index is 650. The van der Waals surface area contributed by atoms with Gasteiger partial charge in [-0.1, -0.05) is 0 Å². The third-order valence-corrected chi connectivity index (χ3v) is 2.45. The molecule has 1 heterocycles. The van der Waals surface area contributed by atoms with Crippen LogP contribution in [0.1, 0.15) is 10.4 Å². The number of aromatic nitrogens is 2. The number of carbonyl (C=O) groups excluding carboxylic acids is 1. The second kappa shape index (κ2) is 4.77. The molecule has 0 saturated heterocycles. The molecule has 0 fully saturated rings. The van der Waals surface area contributed by atoms with Gasteiger partial charge in [-0.05, 0) is 12.1 Å².